The normalized spacial score (nSPS) is 29.6. The lowest BCUT2D eigenvalue weighted by molar-refractivity contribution is -0.00518. The van der Waals surface area contributed by atoms with Gasteiger partial charge >= 0.3 is 6.03 Å². The van der Waals surface area contributed by atoms with Crippen LogP contribution in [0.2, 0.25) is 0 Å². The number of anilines is 1. The largest absolute Gasteiger partial charge is 0.333 e. The van der Waals surface area contributed by atoms with Gasteiger partial charge in [0.15, 0.2) is 0 Å². The third kappa shape index (κ3) is 3.62. The highest BCUT2D eigenvalue weighted by molar-refractivity contribution is 7.90. The van der Waals surface area contributed by atoms with Crippen LogP contribution in [0.25, 0.3) is 0 Å². The summed E-state index contributed by atoms with van der Waals surface area (Å²) in [5.41, 5.74) is 3.24. The first-order valence-corrected chi connectivity index (χ1v) is 12.3. The van der Waals surface area contributed by atoms with Crippen molar-refractivity contribution in [2.24, 2.45) is 17.8 Å². The molecular formula is C24H28N2O3S. The molecular weight excluding hydrogens is 396 g/mol. The molecule has 0 saturated heterocycles. The summed E-state index contributed by atoms with van der Waals surface area (Å²) in [4.78, 5) is 12.3. The Morgan fingerprint density at radius 1 is 0.867 bits per heavy atom. The lowest BCUT2D eigenvalue weighted by Gasteiger charge is -2.57. The molecule has 2 amide bonds. The summed E-state index contributed by atoms with van der Waals surface area (Å²) in [6, 6.07) is 13.7. The van der Waals surface area contributed by atoms with Crippen LogP contribution in [0.1, 0.15) is 49.7 Å². The number of nitrogens with one attached hydrogen (secondary N) is 2. The zero-order valence-corrected chi connectivity index (χ0v) is 18.0. The summed E-state index contributed by atoms with van der Waals surface area (Å²) in [5, 5.41) is 2.65. The average Bonchev–Trinajstić information content (AvgIpc) is 2.67. The molecule has 6 heteroatoms. The minimum atomic E-state index is -3.90. The van der Waals surface area contributed by atoms with Gasteiger partial charge in [-0.05, 0) is 98.4 Å². The van der Waals surface area contributed by atoms with Crippen LogP contribution in [0.3, 0.4) is 0 Å². The summed E-state index contributed by atoms with van der Waals surface area (Å²) in [6.07, 6.45) is 8.11. The van der Waals surface area contributed by atoms with Gasteiger partial charge in [-0.3, -0.25) is 0 Å². The van der Waals surface area contributed by atoms with Crippen molar-refractivity contribution in [3.05, 3.63) is 59.7 Å². The number of sulfonamides is 1. The fourth-order valence-electron chi connectivity index (χ4n) is 6.43. The number of amides is 2. The first-order chi connectivity index (χ1) is 14.3. The number of urea groups is 1. The van der Waals surface area contributed by atoms with Crippen molar-refractivity contribution in [3.8, 4) is 0 Å². The third-order valence-corrected chi connectivity index (χ3v) is 8.70. The molecule has 0 aromatic heterocycles. The van der Waals surface area contributed by atoms with Crippen LogP contribution in [0.4, 0.5) is 10.5 Å². The lowest BCUT2D eigenvalue weighted by Crippen LogP contribution is -2.48. The second-order valence-electron chi connectivity index (χ2n) is 9.65. The maximum atomic E-state index is 12.4. The Hall–Kier alpha value is -2.34. The van der Waals surface area contributed by atoms with Crippen molar-refractivity contribution in [2.75, 3.05) is 5.32 Å². The molecule has 4 fully saturated rings. The molecule has 6 rings (SSSR count). The summed E-state index contributed by atoms with van der Waals surface area (Å²) in [7, 11) is -3.90. The molecule has 0 radical (unpaired) electrons. The van der Waals surface area contributed by atoms with E-state index in [1.807, 2.05) is 19.1 Å². The van der Waals surface area contributed by atoms with Crippen LogP contribution >= 0.6 is 0 Å². The number of hydrogen-bond donors (Lipinski definition) is 2. The molecule has 4 aliphatic carbocycles. The Balaban J connectivity index is 1.26. The van der Waals surface area contributed by atoms with E-state index < -0.39 is 16.1 Å². The summed E-state index contributed by atoms with van der Waals surface area (Å²) < 4.78 is 26.9. The predicted octanol–water partition coefficient (Wildman–Crippen LogP) is 4.97. The van der Waals surface area contributed by atoms with E-state index in [9.17, 15) is 13.2 Å². The molecule has 0 aliphatic heterocycles. The van der Waals surface area contributed by atoms with Crippen LogP contribution in [-0.2, 0) is 15.4 Å². The van der Waals surface area contributed by atoms with Gasteiger partial charge in [0, 0.05) is 5.69 Å². The van der Waals surface area contributed by atoms with Gasteiger partial charge in [-0.15, -0.1) is 0 Å². The van der Waals surface area contributed by atoms with Gasteiger partial charge in [0.05, 0.1) is 4.90 Å². The Morgan fingerprint density at radius 3 is 1.93 bits per heavy atom. The minimum Gasteiger partial charge on any atom is -0.307 e. The van der Waals surface area contributed by atoms with Crippen molar-refractivity contribution >= 4 is 21.7 Å². The fraction of sp³-hybridized carbons (Fsp3) is 0.458. The number of rotatable bonds is 4. The molecule has 5 nitrogen and oxygen atoms in total. The van der Waals surface area contributed by atoms with Gasteiger partial charge in [-0.1, -0.05) is 29.8 Å². The van der Waals surface area contributed by atoms with Crippen LogP contribution in [-0.4, -0.2) is 14.4 Å². The van der Waals surface area contributed by atoms with Crippen molar-refractivity contribution < 1.29 is 13.2 Å². The maximum Gasteiger partial charge on any atom is 0.333 e. The van der Waals surface area contributed by atoms with Gasteiger partial charge in [0.2, 0.25) is 0 Å². The molecule has 2 aromatic carbocycles. The van der Waals surface area contributed by atoms with E-state index in [0.29, 0.717) is 11.1 Å². The summed E-state index contributed by atoms with van der Waals surface area (Å²) in [6.45, 7) is 1.88. The van der Waals surface area contributed by atoms with Crippen molar-refractivity contribution in [3.63, 3.8) is 0 Å². The predicted molar refractivity (Wildman–Crippen MR) is 117 cm³/mol. The molecule has 158 valence electrons. The van der Waals surface area contributed by atoms with Crippen molar-refractivity contribution in [1.29, 1.82) is 0 Å². The van der Waals surface area contributed by atoms with Gasteiger partial charge in [-0.25, -0.2) is 17.9 Å². The first kappa shape index (κ1) is 19.6. The molecule has 4 saturated carbocycles. The van der Waals surface area contributed by atoms with E-state index >= 15 is 0 Å². The molecule has 4 bridgehead atoms. The smallest absolute Gasteiger partial charge is 0.307 e. The highest BCUT2D eigenvalue weighted by atomic mass is 32.2. The third-order valence-electron chi connectivity index (χ3n) is 7.35. The van der Waals surface area contributed by atoms with Crippen molar-refractivity contribution in [2.45, 2.75) is 55.8 Å². The molecule has 30 heavy (non-hydrogen) atoms. The van der Waals surface area contributed by atoms with Gasteiger partial charge < -0.3 is 5.32 Å². The highest BCUT2D eigenvalue weighted by Gasteiger charge is 2.51. The molecule has 4 aliphatic rings. The van der Waals surface area contributed by atoms with Crippen LogP contribution < -0.4 is 10.0 Å². The van der Waals surface area contributed by atoms with Crippen LogP contribution in [0.5, 0.6) is 0 Å². The Bertz CT molecular complexity index is 1020. The van der Waals surface area contributed by atoms with E-state index in [1.165, 1.54) is 56.2 Å². The molecule has 2 aromatic rings. The van der Waals surface area contributed by atoms with E-state index in [1.54, 1.807) is 12.1 Å². The number of hydrogen-bond acceptors (Lipinski definition) is 3. The minimum absolute atomic E-state index is 0.0698. The number of carbonyl (C=O) groups excluding carboxylic acids is 1. The van der Waals surface area contributed by atoms with Crippen molar-refractivity contribution in [1.82, 2.24) is 4.72 Å². The quantitative estimate of drug-likeness (QED) is 0.727. The van der Waals surface area contributed by atoms with E-state index in [4.69, 9.17) is 0 Å². The zero-order valence-electron chi connectivity index (χ0n) is 17.2. The topological polar surface area (TPSA) is 75.3 Å². The van der Waals surface area contributed by atoms with Gasteiger partial charge in [-0.2, -0.15) is 0 Å². The van der Waals surface area contributed by atoms with Gasteiger partial charge in [0.1, 0.15) is 0 Å². The fourth-order valence-corrected chi connectivity index (χ4v) is 7.33. The number of aryl methyl sites for hydroxylation is 1. The lowest BCUT2D eigenvalue weighted by atomic mass is 9.48. The van der Waals surface area contributed by atoms with E-state index in [-0.39, 0.29) is 4.90 Å². The van der Waals surface area contributed by atoms with Gasteiger partial charge in [0.25, 0.3) is 10.0 Å². The molecule has 0 spiro atoms. The Morgan fingerprint density at radius 2 is 1.40 bits per heavy atom. The summed E-state index contributed by atoms with van der Waals surface area (Å²) >= 11 is 0. The van der Waals surface area contributed by atoms with E-state index in [2.05, 4.69) is 22.2 Å². The molecule has 0 atom stereocenters. The monoisotopic (exact) mass is 424 g/mol. The van der Waals surface area contributed by atoms with Crippen LogP contribution in [0.15, 0.2) is 53.4 Å². The van der Waals surface area contributed by atoms with Crippen LogP contribution in [0, 0.1) is 24.7 Å². The highest BCUT2D eigenvalue weighted by Crippen LogP contribution is 2.60. The second-order valence-corrected chi connectivity index (χ2v) is 11.3. The standard InChI is InChI=1S/C24H28N2O3S/c1-16-2-8-22(9-3-16)30(28,29)26-23(27)25-21-6-4-20(5-7-21)24-13-17-10-18(14-24)12-19(11-17)15-24/h2-9,17-19H,10-15H2,1H3,(H2,25,26,27). The molecule has 2 N–H and O–H groups in total. The zero-order chi connectivity index (χ0) is 20.9. The molecule has 0 heterocycles. The SMILES string of the molecule is Cc1ccc(S(=O)(=O)NC(=O)Nc2ccc(C34CC5CC(CC(C5)C3)C4)cc2)cc1. The van der Waals surface area contributed by atoms with E-state index in [0.717, 1.165) is 23.3 Å². The number of carbonyl (C=O) groups is 1. The first-order valence-electron chi connectivity index (χ1n) is 10.8. The Labute approximate surface area is 178 Å². The maximum absolute atomic E-state index is 12.4. The summed E-state index contributed by atoms with van der Waals surface area (Å²) in [5.74, 6) is 2.64. The average molecular weight is 425 g/mol. The molecule has 0 unspecified atom stereocenters. The Kier molecular flexibility index (Phi) is 4.65. The second kappa shape index (κ2) is 7.12. The number of benzene rings is 2.